The fraction of sp³-hybridized carbons (Fsp3) is 0.200. The third kappa shape index (κ3) is 4.26. The molecule has 2 aromatic carbocycles. The van der Waals surface area contributed by atoms with Gasteiger partial charge in [0.15, 0.2) is 0 Å². The molecule has 0 spiro atoms. The molecule has 5 nitrogen and oxygen atoms in total. The van der Waals surface area contributed by atoms with Gasteiger partial charge in [0.25, 0.3) is 0 Å². The van der Waals surface area contributed by atoms with E-state index in [2.05, 4.69) is 22.5 Å². The van der Waals surface area contributed by atoms with Crippen molar-refractivity contribution in [3.8, 4) is 5.75 Å². The van der Waals surface area contributed by atoms with Crippen LogP contribution in [-0.4, -0.2) is 28.6 Å². The maximum Gasteiger partial charge on any atom is 0.243 e. The first-order valence-electron chi connectivity index (χ1n) is 8.30. The summed E-state index contributed by atoms with van der Waals surface area (Å²) in [6, 6.07) is 17.8. The first-order valence-corrected chi connectivity index (χ1v) is 8.30. The van der Waals surface area contributed by atoms with Crippen LogP contribution in [0.2, 0.25) is 0 Å². The Morgan fingerprint density at radius 2 is 1.92 bits per heavy atom. The van der Waals surface area contributed by atoms with Crippen molar-refractivity contribution < 1.29 is 9.53 Å². The SMILES string of the molecule is C=CC(=O)NCCc1nc2ccccc2n1CCOc1ccccc1. The van der Waals surface area contributed by atoms with Gasteiger partial charge in [-0.25, -0.2) is 4.98 Å². The van der Waals surface area contributed by atoms with Gasteiger partial charge in [-0.3, -0.25) is 4.79 Å². The Kier molecular flexibility index (Phi) is 5.46. The molecule has 0 radical (unpaired) electrons. The van der Waals surface area contributed by atoms with Crippen LogP contribution in [0.15, 0.2) is 67.3 Å². The van der Waals surface area contributed by atoms with Gasteiger partial charge in [-0.1, -0.05) is 36.9 Å². The number of nitrogens with zero attached hydrogens (tertiary/aromatic N) is 2. The summed E-state index contributed by atoms with van der Waals surface area (Å²) in [6.45, 7) is 5.23. The zero-order valence-electron chi connectivity index (χ0n) is 14.0. The smallest absolute Gasteiger partial charge is 0.243 e. The minimum Gasteiger partial charge on any atom is -0.492 e. The van der Waals surface area contributed by atoms with Crippen molar-refractivity contribution in [3.63, 3.8) is 0 Å². The average molecular weight is 335 g/mol. The van der Waals surface area contributed by atoms with Gasteiger partial charge in [-0.2, -0.15) is 0 Å². The minimum absolute atomic E-state index is 0.171. The third-order valence-corrected chi connectivity index (χ3v) is 3.89. The number of carbonyl (C=O) groups excluding carboxylic acids is 1. The molecule has 0 fully saturated rings. The number of para-hydroxylation sites is 3. The molecule has 25 heavy (non-hydrogen) atoms. The number of hydrogen-bond donors (Lipinski definition) is 1. The van der Waals surface area contributed by atoms with Crippen LogP contribution < -0.4 is 10.1 Å². The number of rotatable bonds is 8. The summed E-state index contributed by atoms with van der Waals surface area (Å²) in [7, 11) is 0. The molecule has 0 bridgehead atoms. The second-order valence-electron chi connectivity index (χ2n) is 5.58. The molecule has 1 heterocycles. The van der Waals surface area contributed by atoms with Crippen LogP contribution in [0.3, 0.4) is 0 Å². The Labute approximate surface area is 146 Å². The standard InChI is InChI=1S/C20H21N3O2/c1-2-20(24)21-13-12-19-22-17-10-6-7-11-18(17)23(19)14-15-25-16-8-4-3-5-9-16/h2-11H,1,12-15H2,(H,21,24). The Morgan fingerprint density at radius 3 is 2.72 bits per heavy atom. The van der Waals surface area contributed by atoms with Crippen LogP contribution >= 0.6 is 0 Å². The Morgan fingerprint density at radius 1 is 1.16 bits per heavy atom. The number of aromatic nitrogens is 2. The first kappa shape index (κ1) is 16.8. The predicted octanol–water partition coefficient (Wildman–Crippen LogP) is 2.96. The average Bonchev–Trinajstić information content (AvgIpc) is 3.00. The maximum atomic E-state index is 11.3. The molecule has 0 unspecified atom stereocenters. The molecule has 0 saturated carbocycles. The molecule has 1 N–H and O–H groups in total. The largest absolute Gasteiger partial charge is 0.492 e. The van der Waals surface area contributed by atoms with Crippen LogP contribution in [0.4, 0.5) is 0 Å². The van der Waals surface area contributed by atoms with Crippen molar-refractivity contribution in [3.05, 3.63) is 73.1 Å². The first-order chi connectivity index (χ1) is 12.3. The van der Waals surface area contributed by atoms with E-state index in [-0.39, 0.29) is 5.91 Å². The molecule has 1 amide bonds. The molecule has 0 aliphatic rings. The van der Waals surface area contributed by atoms with Gasteiger partial charge in [0.2, 0.25) is 5.91 Å². The highest BCUT2D eigenvalue weighted by Gasteiger charge is 2.10. The van der Waals surface area contributed by atoms with E-state index in [0.29, 0.717) is 26.1 Å². The number of fused-ring (bicyclic) bond motifs is 1. The van der Waals surface area contributed by atoms with Gasteiger partial charge >= 0.3 is 0 Å². The summed E-state index contributed by atoms with van der Waals surface area (Å²) in [5.41, 5.74) is 2.02. The lowest BCUT2D eigenvalue weighted by molar-refractivity contribution is -0.116. The number of benzene rings is 2. The molecule has 5 heteroatoms. The lowest BCUT2D eigenvalue weighted by atomic mass is 10.3. The second-order valence-corrected chi connectivity index (χ2v) is 5.58. The second kappa shape index (κ2) is 8.15. The highest BCUT2D eigenvalue weighted by molar-refractivity contribution is 5.86. The van der Waals surface area contributed by atoms with Gasteiger partial charge in [0, 0.05) is 13.0 Å². The molecular formula is C20H21N3O2. The quantitative estimate of drug-likeness (QED) is 0.644. The summed E-state index contributed by atoms with van der Waals surface area (Å²) in [5.74, 6) is 1.61. The van der Waals surface area contributed by atoms with E-state index in [1.165, 1.54) is 6.08 Å². The van der Waals surface area contributed by atoms with Gasteiger partial charge in [0.05, 0.1) is 17.6 Å². The van der Waals surface area contributed by atoms with E-state index in [1.807, 2.05) is 48.5 Å². The fourth-order valence-electron chi connectivity index (χ4n) is 2.71. The Balaban J connectivity index is 1.71. The van der Waals surface area contributed by atoms with E-state index >= 15 is 0 Å². The Bertz CT molecular complexity index is 856. The number of ether oxygens (including phenoxy) is 1. The number of amides is 1. The van der Waals surface area contributed by atoms with E-state index in [0.717, 1.165) is 22.6 Å². The summed E-state index contributed by atoms with van der Waals surface area (Å²) in [5, 5.41) is 2.79. The summed E-state index contributed by atoms with van der Waals surface area (Å²) < 4.78 is 7.96. The number of hydrogen-bond acceptors (Lipinski definition) is 3. The van der Waals surface area contributed by atoms with Crippen molar-refractivity contribution in [2.75, 3.05) is 13.2 Å². The summed E-state index contributed by atoms with van der Waals surface area (Å²) in [6.07, 6.45) is 1.93. The molecule has 0 saturated heterocycles. The molecule has 0 atom stereocenters. The van der Waals surface area contributed by atoms with Gasteiger partial charge in [-0.05, 0) is 30.3 Å². The van der Waals surface area contributed by atoms with Crippen molar-refractivity contribution in [1.82, 2.24) is 14.9 Å². The van der Waals surface area contributed by atoms with E-state index < -0.39 is 0 Å². The van der Waals surface area contributed by atoms with Gasteiger partial charge in [0.1, 0.15) is 18.2 Å². The molecule has 0 aliphatic carbocycles. The monoisotopic (exact) mass is 335 g/mol. The molecule has 1 aromatic heterocycles. The van der Waals surface area contributed by atoms with Gasteiger partial charge in [-0.15, -0.1) is 0 Å². The molecular weight excluding hydrogens is 314 g/mol. The van der Waals surface area contributed by atoms with Gasteiger partial charge < -0.3 is 14.6 Å². The minimum atomic E-state index is -0.171. The van der Waals surface area contributed by atoms with Crippen molar-refractivity contribution in [2.24, 2.45) is 0 Å². The lowest BCUT2D eigenvalue weighted by Crippen LogP contribution is -2.24. The number of imidazole rings is 1. The highest BCUT2D eigenvalue weighted by atomic mass is 16.5. The van der Waals surface area contributed by atoms with Crippen LogP contribution in [0.25, 0.3) is 11.0 Å². The van der Waals surface area contributed by atoms with Crippen molar-refractivity contribution >= 4 is 16.9 Å². The predicted molar refractivity (Wildman–Crippen MR) is 98.6 cm³/mol. The number of carbonyl (C=O) groups is 1. The third-order valence-electron chi connectivity index (χ3n) is 3.89. The van der Waals surface area contributed by atoms with Crippen LogP contribution in [0.5, 0.6) is 5.75 Å². The molecule has 3 rings (SSSR count). The number of nitrogens with one attached hydrogen (secondary N) is 1. The van der Waals surface area contributed by atoms with Crippen molar-refractivity contribution in [1.29, 1.82) is 0 Å². The van der Waals surface area contributed by atoms with Crippen LogP contribution in [0.1, 0.15) is 5.82 Å². The maximum absolute atomic E-state index is 11.3. The Hall–Kier alpha value is -3.08. The van der Waals surface area contributed by atoms with Crippen LogP contribution in [0, 0.1) is 0 Å². The lowest BCUT2D eigenvalue weighted by Gasteiger charge is -2.11. The zero-order valence-corrected chi connectivity index (χ0v) is 14.0. The summed E-state index contributed by atoms with van der Waals surface area (Å²) >= 11 is 0. The van der Waals surface area contributed by atoms with Crippen LogP contribution in [-0.2, 0) is 17.8 Å². The van der Waals surface area contributed by atoms with E-state index in [4.69, 9.17) is 9.72 Å². The fourth-order valence-corrected chi connectivity index (χ4v) is 2.71. The summed E-state index contributed by atoms with van der Waals surface area (Å²) in [4.78, 5) is 16.0. The van der Waals surface area contributed by atoms with Crippen molar-refractivity contribution in [2.45, 2.75) is 13.0 Å². The normalized spacial score (nSPS) is 10.6. The molecule has 3 aromatic rings. The van der Waals surface area contributed by atoms with E-state index in [9.17, 15) is 4.79 Å². The van der Waals surface area contributed by atoms with E-state index in [1.54, 1.807) is 0 Å². The molecule has 0 aliphatic heterocycles. The molecule has 128 valence electrons. The highest BCUT2D eigenvalue weighted by Crippen LogP contribution is 2.17. The topological polar surface area (TPSA) is 56.2 Å². The zero-order chi connectivity index (χ0) is 17.5.